The van der Waals surface area contributed by atoms with Gasteiger partial charge in [0.25, 0.3) is 0 Å². The minimum atomic E-state index is 0.709. The van der Waals surface area contributed by atoms with Gasteiger partial charge in [0.1, 0.15) is 12.1 Å². The summed E-state index contributed by atoms with van der Waals surface area (Å²) >= 11 is 0. The third kappa shape index (κ3) is 2.48. The minimum absolute atomic E-state index is 0.709. The lowest BCUT2D eigenvalue weighted by Gasteiger charge is -2.36. The largest absolute Gasteiger partial charge is 0.356 e. The van der Waals surface area contributed by atoms with Crippen LogP contribution in [0.15, 0.2) is 30.6 Å². The van der Waals surface area contributed by atoms with Crippen molar-refractivity contribution >= 4 is 16.7 Å². The van der Waals surface area contributed by atoms with Crippen molar-refractivity contribution in [3.05, 3.63) is 30.6 Å². The van der Waals surface area contributed by atoms with Crippen LogP contribution in [-0.2, 0) is 0 Å². The van der Waals surface area contributed by atoms with Crippen molar-refractivity contribution in [3.63, 3.8) is 0 Å². The number of aromatic nitrogens is 2. The van der Waals surface area contributed by atoms with Crippen molar-refractivity contribution in [1.29, 1.82) is 0 Å². The second-order valence-electron chi connectivity index (χ2n) is 6.27. The van der Waals surface area contributed by atoms with Gasteiger partial charge in [-0.2, -0.15) is 0 Å². The summed E-state index contributed by atoms with van der Waals surface area (Å²) < 4.78 is 0. The van der Waals surface area contributed by atoms with Crippen molar-refractivity contribution < 1.29 is 0 Å². The monoisotopic (exact) mass is 282 g/mol. The van der Waals surface area contributed by atoms with Gasteiger partial charge in [-0.05, 0) is 50.3 Å². The van der Waals surface area contributed by atoms with E-state index in [0.717, 1.165) is 30.3 Å². The Bertz CT molecular complexity index is 616. The van der Waals surface area contributed by atoms with Gasteiger partial charge in [-0.3, -0.25) is 0 Å². The van der Waals surface area contributed by atoms with Crippen LogP contribution in [0.3, 0.4) is 0 Å². The van der Waals surface area contributed by atoms with Crippen LogP contribution < -0.4 is 10.2 Å². The molecule has 0 spiro atoms. The highest BCUT2D eigenvalue weighted by Gasteiger charge is 2.30. The van der Waals surface area contributed by atoms with E-state index < -0.39 is 0 Å². The quantitative estimate of drug-likeness (QED) is 0.919. The van der Waals surface area contributed by atoms with Crippen LogP contribution in [0.5, 0.6) is 0 Å². The Balaban J connectivity index is 1.62. The molecular formula is C17H22N4. The molecule has 21 heavy (non-hydrogen) atoms. The second-order valence-corrected chi connectivity index (χ2v) is 6.27. The highest BCUT2D eigenvalue weighted by atomic mass is 15.2. The molecule has 4 nitrogen and oxygen atoms in total. The van der Waals surface area contributed by atoms with E-state index in [1.54, 1.807) is 6.33 Å². The summed E-state index contributed by atoms with van der Waals surface area (Å²) in [6.45, 7) is 3.43. The van der Waals surface area contributed by atoms with Crippen molar-refractivity contribution in [3.8, 4) is 0 Å². The average Bonchev–Trinajstić information content (AvgIpc) is 3.09. The SMILES string of the molecule is c1ccc2c(N3CCCC(C4CCCN4)C3)ncnc2c1. The molecule has 1 aromatic carbocycles. The fraction of sp³-hybridized carbons (Fsp3) is 0.529. The van der Waals surface area contributed by atoms with Gasteiger partial charge >= 0.3 is 0 Å². The van der Waals surface area contributed by atoms with E-state index in [0.29, 0.717) is 6.04 Å². The number of rotatable bonds is 2. The zero-order valence-corrected chi connectivity index (χ0v) is 12.3. The molecule has 3 heterocycles. The number of nitrogens with zero attached hydrogens (tertiary/aromatic N) is 3. The zero-order valence-electron chi connectivity index (χ0n) is 12.3. The van der Waals surface area contributed by atoms with Crippen LogP contribution in [0.4, 0.5) is 5.82 Å². The molecule has 2 aromatic rings. The van der Waals surface area contributed by atoms with Crippen LogP contribution in [0, 0.1) is 5.92 Å². The number of piperidine rings is 1. The third-order valence-electron chi connectivity index (χ3n) is 4.95. The molecule has 0 amide bonds. The Kier molecular flexibility index (Phi) is 3.47. The predicted molar refractivity (Wildman–Crippen MR) is 85.5 cm³/mol. The van der Waals surface area contributed by atoms with Crippen LogP contribution >= 0.6 is 0 Å². The summed E-state index contributed by atoms with van der Waals surface area (Å²) in [6.07, 6.45) is 6.98. The maximum Gasteiger partial charge on any atom is 0.139 e. The van der Waals surface area contributed by atoms with Gasteiger partial charge in [0, 0.05) is 24.5 Å². The van der Waals surface area contributed by atoms with E-state index in [4.69, 9.17) is 0 Å². The first-order valence-electron chi connectivity index (χ1n) is 8.10. The van der Waals surface area contributed by atoms with Gasteiger partial charge in [-0.1, -0.05) is 12.1 Å². The molecule has 4 rings (SSSR count). The lowest BCUT2D eigenvalue weighted by molar-refractivity contribution is 0.328. The maximum atomic E-state index is 4.59. The summed E-state index contributed by atoms with van der Waals surface area (Å²) in [5, 5.41) is 4.86. The fourth-order valence-corrected chi connectivity index (χ4v) is 3.89. The first-order valence-corrected chi connectivity index (χ1v) is 8.10. The Morgan fingerprint density at radius 3 is 2.95 bits per heavy atom. The zero-order chi connectivity index (χ0) is 14.1. The van der Waals surface area contributed by atoms with Crippen molar-refractivity contribution in [2.45, 2.75) is 31.7 Å². The minimum Gasteiger partial charge on any atom is -0.356 e. The molecule has 0 saturated carbocycles. The van der Waals surface area contributed by atoms with Gasteiger partial charge < -0.3 is 10.2 Å². The van der Waals surface area contributed by atoms with Crippen LogP contribution in [0.2, 0.25) is 0 Å². The Morgan fingerprint density at radius 1 is 1.10 bits per heavy atom. The molecule has 0 radical (unpaired) electrons. The highest BCUT2D eigenvalue weighted by molar-refractivity contribution is 5.89. The number of benzene rings is 1. The fourth-order valence-electron chi connectivity index (χ4n) is 3.89. The second kappa shape index (κ2) is 5.60. The molecule has 1 N–H and O–H groups in total. The van der Waals surface area contributed by atoms with E-state index in [1.807, 2.05) is 6.07 Å². The molecule has 0 bridgehead atoms. The van der Waals surface area contributed by atoms with Crippen molar-refractivity contribution in [2.75, 3.05) is 24.5 Å². The molecule has 110 valence electrons. The maximum absolute atomic E-state index is 4.59. The number of hydrogen-bond donors (Lipinski definition) is 1. The van der Waals surface area contributed by atoms with Crippen LogP contribution in [-0.4, -0.2) is 35.6 Å². The summed E-state index contributed by atoms with van der Waals surface area (Å²) in [5.41, 5.74) is 1.05. The molecule has 2 aliphatic rings. The molecule has 2 atom stereocenters. The Morgan fingerprint density at radius 2 is 2.05 bits per heavy atom. The summed E-state index contributed by atoms with van der Waals surface area (Å²) in [4.78, 5) is 11.4. The molecule has 0 aliphatic carbocycles. The summed E-state index contributed by atoms with van der Waals surface area (Å²) in [6, 6.07) is 9.04. The lowest BCUT2D eigenvalue weighted by atomic mass is 9.89. The Labute approximate surface area is 125 Å². The van der Waals surface area contributed by atoms with Gasteiger partial charge in [-0.25, -0.2) is 9.97 Å². The number of fused-ring (bicyclic) bond motifs is 1. The molecule has 4 heteroatoms. The third-order valence-corrected chi connectivity index (χ3v) is 4.95. The molecule has 2 unspecified atom stereocenters. The van der Waals surface area contributed by atoms with E-state index in [-0.39, 0.29) is 0 Å². The van der Waals surface area contributed by atoms with Gasteiger partial charge in [-0.15, -0.1) is 0 Å². The number of nitrogens with one attached hydrogen (secondary N) is 1. The number of hydrogen-bond acceptors (Lipinski definition) is 4. The number of anilines is 1. The predicted octanol–water partition coefficient (Wildman–Crippen LogP) is 2.60. The molecule has 1 aromatic heterocycles. The first kappa shape index (κ1) is 13.0. The van der Waals surface area contributed by atoms with Gasteiger partial charge in [0.05, 0.1) is 5.52 Å². The first-order chi connectivity index (χ1) is 10.4. The van der Waals surface area contributed by atoms with Gasteiger partial charge in [0.2, 0.25) is 0 Å². The summed E-state index contributed by atoms with van der Waals surface area (Å²) in [5.74, 6) is 1.87. The van der Waals surface area contributed by atoms with E-state index in [9.17, 15) is 0 Å². The van der Waals surface area contributed by atoms with Crippen LogP contribution in [0.25, 0.3) is 10.9 Å². The topological polar surface area (TPSA) is 41.0 Å². The smallest absolute Gasteiger partial charge is 0.139 e. The van der Waals surface area contributed by atoms with Crippen molar-refractivity contribution in [2.24, 2.45) is 5.92 Å². The van der Waals surface area contributed by atoms with E-state index in [2.05, 4.69) is 38.4 Å². The summed E-state index contributed by atoms with van der Waals surface area (Å²) in [7, 11) is 0. The van der Waals surface area contributed by atoms with Gasteiger partial charge in [0.15, 0.2) is 0 Å². The standard InChI is InChI=1S/C17H22N4/c1-2-7-16-14(6-1)17(20-12-19-16)21-10-4-5-13(11-21)15-8-3-9-18-15/h1-2,6-7,12-13,15,18H,3-5,8-11H2. The normalized spacial score (nSPS) is 26.4. The van der Waals surface area contributed by atoms with Crippen molar-refractivity contribution in [1.82, 2.24) is 15.3 Å². The molecule has 2 saturated heterocycles. The van der Waals surface area contributed by atoms with E-state index in [1.165, 1.54) is 37.6 Å². The van der Waals surface area contributed by atoms with Crippen LogP contribution in [0.1, 0.15) is 25.7 Å². The molecule has 2 aliphatic heterocycles. The average molecular weight is 282 g/mol. The van der Waals surface area contributed by atoms with E-state index >= 15 is 0 Å². The highest BCUT2D eigenvalue weighted by Crippen LogP contribution is 2.30. The number of para-hydroxylation sites is 1. The molecule has 2 fully saturated rings. The Hall–Kier alpha value is -1.68. The molecular weight excluding hydrogens is 260 g/mol. The lowest BCUT2D eigenvalue weighted by Crippen LogP contribution is -2.43.